The van der Waals surface area contributed by atoms with E-state index in [9.17, 15) is 0 Å². The Hall–Kier alpha value is -1.66. The number of methoxy groups -OCH3 is 1. The van der Waals surface area contributed by atoms with Crippen LogP contribution in [0.1, 0.15) is 18.1 Å². The summed E-state index contributed by atoms with van der Waals surface area (Å²) >= 11 is 5.06. The van der Waals surface area contributed by atoms with Crippen molar-refractivity contribution in [1.82, 2.24) is 5.32 Å². The smallest absolute Gasteiger partial charge is 0.200 e. The highest BCUT2D eigenvalue weighted by atomic mass is 32.1. The number of hydrogen-bond acceptors (Lipinski definition) is 2. The molecule has 0 aliphatic carbocycles. The predicted octanol–water partition coefficient (Wildman–Crippen LogP) is 1.90. The van der Waals surface area contributed by atoms with Crippen LogP contribution in [0.25, 0.3) is 0 Å². The van der Waals surface area contributed by atoms with E-state index < -0.39 is 0 Å². The number of guanidine groups is 1. The number of anilines is 1. The molecule has 0 aliphatic heterocycles. The summed E-state index contributed by atoms with van der Waals surface area (Å²) in [6.07, 6.45) is -0.204. The van der Waals surface area contributed by atoms with E-state index in [1.54, 1.807) is 7.11 Å². The van der Waals surface area contributed by atoms with Gasteiger partial charge in [-0.3, -0.25) is 0 Å². The average molecular weight is 280 g/mol. The molecular weight excluding hydrogens is 260 g/mol. The molecule has 0 aromatic heterocycles. The predicted molar refractivity (Wildman–Crippen MR) is 83.4 cm³/mol. The molecule has 1 atom stereocenters. The minimum absolute atomic E-state index is 0.204. The zero-order valence-electron chi connectivity index (χ0n) is 11.7. The minimum Gasteiger partial charge on any atom is -0.369 e. The first-order valence-corrected chi connectivity index (χ1v) is 6.35. The van der Waals surface area contributed by atoms with Crippen molar-refractivity contribution in [3.05, 3.63) is 29.3 Å². The molecule has 5 nitrogen and oxygen atoms in total. The van der Waals surface area contributed by atoms with Crippen LogP contribution in [0.4, 0.5) is 5.69 Å². The highest BCUT2D eigenvalue weighted by Gasteiger charge is 2.05. The molecule has 19 heavy (non-hydrogen) atoms. The molecule has 0 heterocycles. The van der Waals surface area contributed by atoms with E-state index in [1.807, 2.05) is 39.0 Å². The molecule has 0 fully saturated rings. The van der Waals surface area contributed by atoms with Crippen molar-refractivity contribution in [2.75, 3.05) is 12.4 Å². The SMILES string of the molecule is COC(C)NC(=S)/N=C(\N)Nc1c(C)cccc1C. The molecule has 0 saturated carbocycles. The molecule has 6 heteroatoms. The second-order valence-corrected chi connectivity index (χ2v) is 4.60. The Balaban J connectivity index is 2.74. The normalized spacial score (nSPS) is 12.9. The van der Waals surface area contributed by atoms with Gasteiger partial charge in [-0.25, -0.2) is 0 Å². The van der Waals surface area contributed by atoms with Crippen molar-refractivity contribution in [1.29, 1.82) is 0 Å². The maximum absolute atomic E-state index is 5.83. The van der Waals surface area contributed by atoms with Crippen molar-refractivity contribution in [2.45, 2.75) is 27.0 Å². The van der Waals surface area contributed by atoms with Crippen LogP contribution in [0, 0.1) is 13.8 Å². The molecule has 0 aliphatic rings. The summed E-state index contributed by atoms with van der Waals surface area (Å²) in [5, 5.41) is 6.22. The first kappa shape index (κ1) is 15.4. The minimum atomic E-state index is -0.204. The van der Waals surface area contributed by atoms with Crippen molar-refractivity contribution in [2.24, 2.45) is 10.7 Å². The first-order chi connectivity index (χ1) is 8.93. The van der Waals surface area contributed by atoms with Gasteiger partial charge in [-0.15, -0.1) is 0 Å². The Morgan fingerprint density at radius 1 is 1.37 bits per heavy atom. The molecule has 4 N–H and O–H groups in total. The van der Waals surface area contributed by atoms with Crippen LogP contribution >= 0.6 is 12.2 Å². The zero-order valence-corrected chi connectivity index (χ0v) is 12.5. The summed E-state index contributed by atoms with van der Waals surface area (Å²) in [7, 11) is 1.59. The quantitative estimate of drug-likeness (QED) is 0.341. The third-order valence-corrected chi connectivity index (χ3v) is 2.85. The number of hydrogen-bond donors (Lipinski definition) is 3. The molecule has 0 spiro atoms. The number of nitrogens with two attached hydrogens (primary N) is 1. The van der Waals surface area contributed by atoms with Crippen molar-refractivity contribution in [3.63, 3.8) is 0 Å². The third kappa shape index (κ3) is 4.84. The number of aryl methyl sites for hydroxylation is 2. The zero-order chi connectivity index (χ0) is 14.4. The monoisotopic (exact) mass is 280 g/mol. The molecule has 0 radical (unpaired) electrons. The highest BCUT2D eigenvalue weighted by Crippen LogP contribution is 2.18. The summed E-state index contributed by atoms with van der Waals surface area (Å²) in [6.45, 7) is 5.84. The fraction of sp³-hybridized carbons (Fsp3) is 0.385. The van der Waals surface area contributed by atoms with E-state index in [0.717, 1.165) is 16.8 Å². The molecule has 1 rings (SSSR count). The van der Waals surface area contributed by atoms with Gasteiger partial charge >= 0.3 is 0 Å². The second kappa shape index (κ2) is 7.06. The van der Waals surface area contributed by atoms with Gasteiger partial charge in [0.15, 0.2) is 5.11 Å². The van der Waals surface area contributed by atoms with Crippen molar-refractivity contribution >= 4 is 29.0 Å². The Morgan fingerprint density at radius 2 is 1.95 bits per heavy atom. The Labute approximate surface area is 119 Å². The molecule has 0 amide bonds. The number of nitrogens with one attached hydrogen (secondary N) is 2. The van der Waals surface area contributed by atoms with Gasteiger partial charge in [-0.1, -0.05) is 18.2 Å². The van der Waals surface area contributed by atoms with Crippen molar-refractivity contribution in [3.8, 4) is 0 Å². The van der Waals surface area contributed by atoms with E-state index in [1.165, 1.54) is 0 Å². The van der Waals surface area contributed by atoms with Crippen LogP contribution in [0.3, 0.4) is 0 Å². The second-order valence-electron chi connectivity index (χ2n) is 4.22. The lowest BCUT2D eigenvalue weighted by molar-refractivity contribution is 0.107. The topological polar surface area (TPSA) is 71.7 Å². The molecular formula is C13H20N4OS. The number of nitrogens with zero attached hydrogens (tertiary/aromatic N) is 1. The maximum atomic E-state index is 5.83. The van der Waals surface area contributed by atoms with Crippen LogP contribution in [0.2, 0.25) is 0 Å². The van der Waals surface area contributed by atoms with E-state index in [0.29, 0.717) is 0 Å². The Kier molecular flexibility index (Phi) is 5.72. The molecule has 1 aromatic carbocycles. The summed E-state index contributed by atoms with van der Waals surface area (Å²) in [4.78, 5) is 4.07. The van der Waals surface area contributed by atoms with Crippen LogP contribution in [0.15, 0.2) is 23.2 Å². The fourth-order valence-corrected chi connectivity index (χ4v) is 1.81. The van der Waals surface area contributed by atoms with Gasteiger partial charge in [-0.2, -0.15) is 4.99 Å². The van der Waals surface area contributed by atoms with Gasteiger partial charge in [0.1, 0.15) is 6.23 Å². The van der Waals surface area contributed by atoms with E-state index in [4.69, 9.17) is 22.7 Å². The van der Waals surface area contributed by atoms with Gasteiger partial charge in [0.2, 0.25) is 5.96 Å². The third-order valence-electron chi connectivity index (χ3n) is 2.64. The fourth-order valence-electron chi connectivity index (χ4n) is 1.54. The summed E-state index contributed by atoms with van der Waals surface area (Å²) in [6, 6.07) is 6.01. The number of aliphatic imine (C=N–C) groups is 1. The Bertz CT molecular complexity index is 467. The molecule has 104 valence electrons. The standard InChI is InChI=1S/C13H20N4OS/c1-8-6-5-7-9(2)11(8)16-12(14)17-13(19)15-10(3)18-4/h5-7,10H,1-4H3,(H4,14,15,16,17,19). The van der Waals surface area contributed by atoms with Gasteiger partial charge in [0.05, 0.1) is 0 Å². The van der Waals surface area contributed by atoms with Crippen LogP contribution in [0.5, 0.6) is 0 Å². The number of para-hydroxylation sites is 1. The lowest BCUT2D eigenvalue weighted by atomic mass is 10.1. The van der Waals surface area contributed by atoms with Gasteiger partial charge in [0, 0.05) is 12.8 Å². The van der Waals surface area contributed by atoms with Crippen LogP contribution in [-0.4, -0.2) is 24.4 Å². The van der Waals surface area contributed by atoms with Crippen LogP contribution < -0.4 is 16.4 Å². The molecule has 1 aromatic rings. The summed E-state index contributed by atoms with van der Waals surface area (Å²) in [5.41, 5.74) is 8.98. The number of rotatable bonds is 3. The van der Waals surface area contributed by atoms with Crippen LogP contribution in [-0.2, 0) is 4.74 Å². The molecule has 0 bridgehead atoms. The van der Waals surface area contributed by atoms with E-state index >= 15 is 0 Å². The lowest BCUT2D eigenvalue weighted by Gasteiger charge is -2.14. The van der Waals surface area contributed by atoms with E-state index in [-0.39, 0.29) is 17.3 Å². The molecule has 1 unspecified atom stereocenters. The van der Waals surface area contributed by atoms with Gasteiger partial charge in [-0.05, 0) is 44.1 Å². The maximum Gasteiger partial charge on any atom is 0.200 e. The number of benzene rings is 1. The lowest BCUT2D eigenvalue weighted by Crippen LogP contribution is -2.34. The molecule has 0 saturated heterocycles. The van der Waals surface area contributed by atoms with Gasteiger partial charge in [0.25, 0.3) is 0 Å². The van der Waals surface area contributed by atoms with E-state index in [2.05, 4.69) is 15.6 Å². The largest absolute Gasteiger partial charge is 0.369 e. The summed E-state index contributed by atoms with van der Waals surface area (Å²) in [5.74, 6) is 0.248. The Morgan fingerprint density at radius 3 is 2.47 bits per heavy atom. The number of ether oxygens (including phenoxy) is 1. The number of thiocarbonyl (C=S) groups is 1. The highest BCUT2D eigenvalue weighted by molar-refractivity contribution is 7.80. The summed E-state index contributed by atoms with van der Waals surface area (Å²) < 4.78 is 5.03. The van der Waals surface area contributed by atoms with Gasteiger partial charge < -0.3 is 21.1 Å². The average Bonchev–Trinajstić information content (AvgIpc) is 2.33. The van der Waals surface area contributed by atoms with Crippen molar-refractivity contribution < 1.29 is 4.74 Å². The first-order valence-electron chi connectivity index (χ1n) is 5.94.